The van der Waals surface area contributed by atoms with Crippen LogP contribution in [0.4, 0.5) is 4.39 Å². The molecular formula is C13H16FN3O2. The summed E-state index contributed by atoms with van der Waals surface area (Å²) in [7, 11) is 0. The van der Waals surface area contributed by atoms with Crippen LogP contribution in [0.25, 0.3) is 0 Å². The monoisotopic (exact) mass is 265 g/mol. The Kier molecular flexibility index (Phi) is 3.18. The Labute approximate surface area is 110 Å². The summed E-state index contributed by atoms with van der Waals surface area (Å²) in [6.45, 7) is 1.68. The Morgan fingerprint density at radius 1 is 1.42 bits per heavy atom. The van der Waals surface area contributed by atoms with Crippen molar-refractivity contribution >= 4 is 5.97 Å². The first-order valence-corrected chi connectivity index (χ1v) is 6.59. The van der Waals surface area contributed by atoms with Gasteiger partial charge in [-0.3, -0.25) is 4.90 Å². The van der Waals surface area contributed by atoms with E-state index in [9.17, 15) is 9.18 Å². The molecule has 2 heterocycles. The largest absolute Gasteiger partial charge is 0.477 e. The van der Waals surface area contributed by atoms with Crippen LogP contribution in [0.15, 0.2) is 6.07 Å². The number of carbonyl (C=O) groups is 1. The second kappa shape index (κ2) is 4.85. The Morgan fingerprint density at radius 2 is 2.16 bits per heavy atom. The summed E-state index contributed by atoms with van der Waals surface area (Å²) in [6, 6.07) is 1.53. The maximum absolute atomic E-state index is 12.7. The number of aromatic nitrogens is 2. The van der Waals surface area contributed by atoms with Crippen molar-refractivity contribution < 1.29 is 14.3 Å². The summed E-state index contributed by atoms with van der Waals surface area (Å²) in [4.78, 5) is 21.6. The van der Waals surface area contributed by atoms with Crippen LogP contribution in [0.1, 0.15) is 40.8 Å². The fraction of sp³-hybridized carbons (Fsp3) is 0.615. The van der Waals surface area contributed by atoms with Gasteiger partial charge in [-0.1, -0.05) is 0 Å². The molecule has 1 aliphatic heterocycles. The van der Waals surface area contributed by atoms with E-state index in [0.29, 0.717) is 31.3 Å². The summed E-state index contributed by atoms with van der Waals surface area (Å²) in [6.07, 6.45) is 2.02. The summed E-state index contributed by atoms with van der Waals surface area (Å²) < 4.78 is 12.7. The third kappa shape index (κ3) is 2.89. The lowest BCUT2D eigenvalue weighted by Crippen LogP contribution is -2.48. The Bertz CT molecular complexity index is 499. The van der Waals surface area contributed by atoms with Crippen molar-refractivity contribution in [3.8, 4) is 0 Å². The van der Waals surface area contributed by atoms with Crippen LogP contribution in [-0.2, 0) is 6.42 Å². The zero-order valence-electron chi connectivity index (χ0n) is 10.5. The van der Waals surface area contributed by atoms with Crippen molar-refractivity contribution in [1.82, 2.24) is 14.9 Å². The van der Waals surface area contributed by atoms with Gasteiger partial charge in [0, 0.05) is 37.7 Å². The van der Waals surface area contributed by atoms with Crippen LogP contribution in [0.3, 0.4) is 0 Å². The number of aromatic carboxylic acids is 1. The molecular weight excluding hydrogens is 249 g/mol. The first-order valence-electron chi connectivity index (χ1n) is 6.59. The number of hydrogen-bond acceptors (Lipinski definition) is 4. The van der Waals surface area contributed by atoms with Gasteiger partial charge in [0.05, 0.1) is 0 Å². The van der Waals surface area contributed by atoms with Gasteiger partial charge >= 0.3 is 5.97 Å². The molecule has 102 valence electrons. The van der Waals surface area contributed by atoms with Crippen LogP contribution in [0.2, 0.25) is 0 Å². The van der Waals surface area contributed by atoms with E-state index in [4.69, 9.17) is 5.11 Å². The van der Waals surface area contributed by atoms with Gasteiger partial charge in [-0.2, -0.15) is 0 Å². The number of carboxylic acid groups (broad SMARTS) is 1. The summed E-state index contributed by atoms with van der Waals surface area (Å²) in [5, 5.41) is 9.06. The van der Waals surface area contributed by atoms with Crippen LogP contribution in [0, 0.1) is 0 Å². The molecule has 0 bridgehead atoms. The number of nitrogens with zero attached hydrogens (tertiary/aromatic N) is 3. The van der Waals surface area contributed by atoms with E-state index in [2.05, 4.69) is 9.97 Å². The molecule has 6 heteroatoms. The highest BCUT2D eigenvalue weighted by atomic mass is 19.1. The molecule has 0 aromatic carbocycles. The number of hydrogen-bond donors (Lipinski definition) is 1. The Balaban J connectivity index is 1.70. The Hall–Kier alpha value is -1.56. The number of rotatable bonds is 5. The number of likely N-dealkylation sites (tertiary alicyclic amines) is 1. The highest BCUT2D eigenvalue weighted by Crippen LogP contribution is 2.38. The highest BCUT2D eigenvalue weighted by molar-refractivity contribution is 5.85. The van der Waals surface area contributed by atoms with Gasteiger partial charge in [-0.25, -0.2) is 19.2 Å². The molecule has 1 saturated carbocycles. The topological polar surface area (TPSA) is 66.3 Å². The molecule has 1 N–H and O–H groups in total. The van der Waals surface area contributed by atoms with Gasteiger partial charge in [-0.15, -0.1) is 0 Å². The smallest absolute Gasteiger partial charge is 0.354 e. The van der Waals surface area contributed by atoms with E-state index >= 15 is 0 Å². The third-order valence-electron chi connectivity index (χ3n) is 3.55. The van der Waals surface area contributed by atoms with E-state index in [0.717, 1.165) is 25.1 Å². The third-order valence-corrected chi connectivity index (χ3v) is 3.55. The zero-order chi connectivity index (χ0) is 13.4. The van der Waals surface area contributed by atoms with Crippen molar-refractivity contribution in [3.05, 3.63) is 23.3 Å². The number of carboxylic acids is 1. The molecule has 5 nitrogen and oxygen atoms in total. The molecule has 19 heavy (non-hydrogen) atoms. The fourth-order valence-corrected chi connectivity index (χ4v) is 2.24. The molecule has 0 radical (unpaired) electrons. The minimum absolute atomic E-state index is 0.0684. The molecule has 1 aliphatic carbocycles. The van der Waals surface area contributed by atoms with Crippen molar-refractivity contribution in [2.45, 2.75) is 31.4 Å². The lowest BCUT2D eigenvalue weighted by Gasteiger charge is -2.34. The van der Waals surface area contributed by atoms with Crippen molar-refractivity contribution in [1.29, 1.82) is 0 Å². The Morgan fingerprint density at radius 3 is 2.74 bits per heavy atom. The molecule has 0 spiro atoms. The molecule has 0 amide bonds. The standard InChI is InChI=1S/C13H16FN3O2/c14-9-6-17(7-9)4-3-10-5-11(13(18)19)16-12(15-10)8-1-2-8/h5,8-9H,1-4,6-7H2,(H,18,19). The SMILES string of the molecule is O=C(O)c1cc(CCN2CC(F)C2)nc(C2CC2)n1. The lowest BCUT2D eigenvalue weighted by molar-refractivity contribution is 0.0667. The fourth-order valence-electron chi connectivity index (χ4n) is 2.24. The second-order valence-corrected chi connectivity index (χ2v) is 5.29. The average Bonchev–Trinajstić information content (AvgIpc) is 3.17. The maximum Gasteiger partial charge on any atom is 0.354 e. The minimum Gasteiger partial charge on any atom is -0.477 e. The highest BCUT2D eigenvalue weighted by Gasteiger charge is 2.29. The van der Waals surface area contributed by atoms with Gasteiger partial charge in [0.25, 0.3) is 0 Å². The van der Waals surface area contributed by atoms with Gasteiger partial charge in [0.2, 0.25) is 0 Å². The van der Waals surface area contributed by atoms with Gasteiger partial charge < -0.3 is 5.11 Å². The van der Waals surface area contributed by atoms with Crippen molar-refractivity contribution in [2.24, 2.45) is 0 Å². The maximum atomic E-state index is 12.7. The number of halogens is 1. The molecule has 0 atom stereocenters. The number of alkyl halides is 1. The molecule has 1 aromatic heterocycles. The lowest BCUT2D eigenvalue weighted by atomic mass is 10.1. The van der Waals surface area contributed by atoms with Gasteiger partial charge in [0.1, 0.15) is 12.0 Å². The predicted molar refractivity (Wildman–Crippen MR) is 66.0 cm³/mol. The van der Waals surface area contributed by atoms with Gasteiger partial charge in [-0.05, 0) is 18.9 Å². The normalized spacial score (nSPS) is 20.3. The summed E-state index contributed by atoms with van der Waals surface area (Å²) in [5.74, 6) is -0.0301. The van der Waals surface area contributed by atoms with Crippen LogP contribution in [0.5, 0.6) is 0 Å². The molecule has 2 fully saturated rings. The quantitative estimate of drug-likeness (QED) is 0.868. The average molecular weight is 265 g/mol. The van der Waals surface area contributed by atoms with Crippen molar-refractivity contribution in [3.63, 3.8) is 0 Å². The summed E-state index contributed by atoms with van der Waals surface area (Å²) >= 11 is 0. The van der Waals surface area contributed by atoms with Crippen LogP contribution < -0.4 is 0 Å². The molecule has 0 unspecified atom stereocenters. The van der Waals surface area contributed by atoms with E-state index in [1.54, 1.807) is 0 Å². The van der Waals surface area contributed by atoms with E-state index in [1.165, 1.54) is 6.07 Å². The molecule has 1 aromatic rings. The van der Waals surface area contributed by atoms with E-state index < -0.39 is 12.1 Å². The first-order chi connectivity index (χ1) is 9.11. The van der Waals surface area contributed by atoms with Crippen LogP contribution >= 0.6 is 0 Å². The predicted octanol–water partition coefficient (Wildman–Crippen LogP) is 1.25. The van der Waals surface area contributed by atoms with E-state index in [1.807, 2.05) is 4.90 Å². The first kappa shape index (κ1) is 12.5. The molecule has 1 saturated heterocycles. The minimum atomic E-state index is -1.02. The second-order valence-electron chi connectivity index (χ2n) is 5.29. The van der Waals surface area contributed by atoms with E-state index in [-0.39, 0.29) is 5.69 Å². The summed E-state index contributed by atoms with van der Waals surface area (Å²) in [5.41, 5.74) is 0.815. The van der Waals surface area contributed by atoms with Gasteiger partial charge in [0.15, 0.2) is 5.69 Å². The molecule has 2 aliphatic rings. The molecule has 3 rings (SSSR count). The zero-order valence-corrected chi connectivity index (χ0v) is 10.5. The van der Waals surface area contributed by atoms with Crippen molar-refractivity contribution in [2.75, 3.05) is 19.6 Å². The van der Waals surface area contributed by atoms with Crippen LogP contribution in [-0.4, -0.2) is 51.7 Å².